The molecule has 0 bridgehead atoms. The van der Waals surface area contributed by atoms with Crippen LogP contribution in [0.2, 0.25) is 0 Å². The molecule has 0 unspecified atom stereocenters. The van der Waals surface area contributed by atoms with Gasteiger partial charge in [0, 0.05) is 13.1 Å². The van der Waals surface area contributed by atoms with Gasteiger partial charge in [-0.25, -0.2) is 9.97 Å². The average molecular weight is 253 g/mol. The molecule has 8 heteroatoms. The Morgan fingerprint density at radius 1 is 1.28 bits per heavy atom. The van der Waals surface area contributed by atoms with Gasteiger partial charge in [-0.05, 0) is 13.8 Å². The molecule has 98 valence electrons. The van der Waals surface area contributed by atoms with Gasteiger partial charge in [0.05, 0.1) is 24.6 Å². The highest BCUT2D eigenvalue weighted by Gasteiger charge is 2.24. The Kier molecular flexibility index (Phi) is 4.00. The number of ether oxygens (including phenoxy) is 1. The van der Waals surface area contributed by atoms with Crippen LogP contribution in [-0.4, -0.2) is 52.6 Å². The molecule has 7 nitrogen and oxygen atoms in total. The van der Waals surface area contributed by atoms with E-state index in [1.165, 1.54) is 12.4 Å². The number of aromatic nitrogens is 2. The summed E-state index contributed by atoms with van der Waals surface area (Å²) in [5.74, 6) is 0.792. The van der Waals surface area contributed by atoms with Crippen LogP contribution in [0, 0.1) is 0 Å². The van der Waals surface area contributed by atoms with Crippen LogP contribution in [0.4, 0.5) is 5.95 Å². The maximum Gasteiger partial charge on any atom is 0.707 e. The molecule has 1 saturated heterocycles. The van der Waals surface area contributed by atoms with Gasteiger partial charge in [-0.15, -0.1) is 0 Å². The molecule has 2 N–H and O–H groups in total. The average Bonchev–Trinajstić information content (AvgIpc) is 2.27. The van der Waals surface area contributed by atoms with Crippen molar-refractivity contribution >= 4 is 13.3 Å². The van der Waals surface area contributed by atoms with Crippen LogP contribution in [0.15, 0.2) is 12.4 Å². The summed E-state index contributed by atoms with van der Waals surface area (Å²) >= 11 is 0. The van der Waals surface area contributed by atoms with Crippen LogP contribution in [0.1, 0.15) is 13.8 Å². The zero-order chi connectivity index (χ0) is 13.1. The molecule has 1 aliphatic heterocycles. The van der Waals surface area contributed by atoms with Crippen molar-refractivity contribution in [1.82, 2.24) is 9.97 Å². The minimum absolute atomic E-state index is 0.132. The fourth-order valence-corrected chi connectivity index (χ4v) is 2.00. The molecule has 1 aromatic rings. The Bertz CT molecular complexity index is 379. The van der Waals surface area contributed by atoms with Crippen LogP contribution < -0.4 is 9.55 Å². The fraction of sp³-hybridized carbons (Fsp3) is 0.600. The molecule has 0 aliphatic carbocycles. The first-order valence-electron chi connectivity index (χ1n) is 5.80. The van der Waals surface area contributed by atoms with Crippen molar-refractivity contribution in [3.8, 4) is 5.75 Å². The van der Waals surface area contributed by atoms with Gasteiger partial charge in [0.25, 0.3) is 0 Å². The molecule has 0 radical (unpaired) electrons. The third kappa shape index (κ3) is 3.31. The highest BCUT2D eigenvalue weighted by atomic mass is 16.6. The molecule has 0 saturated carbocycles. The van der Waals surface area contributed by atoms with E-state index in [1.807, 2.05) is 18.7 Å². The zero-order valence-electron chi connectivity index (χ0n) is 10.4. The minimum Gasteiger partial charge on any atom is -0.509 e. The SMILES string of the molecule is C[C@@H]1CN(c2ncc(OB(O)O)cn2)C[C@H](C)O1. The van der Waals surface area contributed by atoms with Crippen LogP contribution in [-0.2, 0) is 4.74 Å². The summed E-state index contributed by atoms with van der Waals surface area (Å²) in [7, 11) is -1.86. The monoisotopic (exact) mass is 253 g/mol. The smallest absolute Gasteiger partial charge is 0.509 e. The second-order valence-corrected chi connectivity index (χ2v) is 4.33. The van der Waals surface area contributed by atoms with Gasteiger partial charge in [-0.3, -0.25) is 0 Å². The van der Waals surface area contributed by atoms with E-state index >= 15 is 0 Å². The molecule has 2 atom stereocenters. The molecule has 2 rings (SSSR count). The molecule has 0 spiro atoms. The topological polar surface area (TPSA) is 87.9 Å². The number of rotatable bonds is 3. The van der Waals surface area contributed by atoms with Gasteiger partial charge in [-0.2, -0.15) is 0 Å². The summed E-state index contributed by atoms with van der Waals surface area (Å²) in [6.07, 6.45) is 3.08. The summed E-state index contributed by atoms with van der Waals surface area (Å²) in [6.45, 7) is 5.46. The summed E-state index contributed by atoms with van der Waals surface area (Å²) in [5.41, 5.74) is 0. The Morgan fingerprint density at radius 2 is 1.83 bits per heavy atom. The van der Waals surface area contributed by atoms with Crippen molar-refractivity contribution in [2.75, 3.05) is 18.0 Å². The zero-order valence-corrected chi connectivity index (χ0v) is 10.4. The second-order valence-electron chi connectivity index (χ2n) is 4.33. The predicted molar refractivity (Wildman–Crippen MR) is 65.1 cm³/mol. The van der Waals surface area contributed by atoms with Crippen molar-refractivity contribution in [2.24, 2.45) is 0 Å². The van der Waals surface area contributed by atoms with Gasteiger partial charge in [0.1, 0.15) is 5.75 Å². The van der Waals surface area contributed by atoms with Gasteiger partial charge in [0.15, 0.2) is 0 Å². The first-order chi connectivity index (χ1) is 8.54. The van der Waals surface area contributed by atoms with Gasteiger partial charge < -0.3 is 24.3 Å². The molecule has 0 amide bonds. The van der Waals surface area contributed by atoms with Crippen molar-refractivity contribution in [1.29, 1.82) is 0 Å². The minimum atomic E-state index is -1.86. The van der Waals surface area contributed by atoms with E-state index in [0.29, 0.717) is 5.95 Å². The van der Waals surface area contributed by atoms with Crippen LogP contribution in [0.25, 0.3) is 0 Å². The molecule has 18 heavy (non-hydrogen) atoms. The summed E-state index contributed by atoms with van der Waals surface area (Å²) in [4.78, 5) is 10.3. The standard InChI is InChI=1S/C10H16BN3O4/c1-7-5-14(6-8(2)17-7)10-12-3-9(4-13-10)18-11(15)16/h3-4,7-8,15-16H,5-6H2,1-2H3/t7-,8+. The van der Waals surface area contributed by atoms with Gasteiger partial charge in [0.2, 0.25) is 5.95 Å². The normalized spacial score (nSPS) is 23.9. The molecule has 1 aliphatic rings. The lowest BCUT2D eigenvalue weighted by molar-refractivity contribution is -0.00572. The molecular weight excluding hydrogens is 237 g/mol. The Balaban J connectivity index is 2.04. The Morgan fingerprint density at radius 3 is 2.33 bits per heavy atom. The third-order valence-electron chi connectivity index (χ3n) is 2.56. The number of morpholine rings is 1. The number of anilines is 1. The molecule has 1 fully saturated rings. The first kappa shape index (κ1) is 13.1. The van der Waals surface area contributed by atoms with E-state index in [9.17, 15) is 0 Å². The van der Waals surface area contributed by atoms with Gasteiger partial charge >= 0.3 is 7.32 Å². The van der Waals surface area contributed by atoms with Crippen molar-refractivity contribution < 1.29 is 19.4 Å². The van der Waals surface area contributed by atoms with Crippen molar-refractivity contribution in [2.45, 2.75) is 26.1 Å². The summed E-state index contributed by atoms with van der Waals surface area (Å²) < 4.78 is 10.3. The lowest BCUT2D eigenvalue weighted by atomic mass is 10.2. The van der Waals surface area contributed by atoms with E-state index in [4.69, 9.17) is 14.8 Å². The maximum atomic E-state index is 8.64. The Labute approximate surface area is 106 Å². The second kappa shape index (κ2) is 5.51. The van der Waals surface area contributed by atoms with E-state index in [0.717, 1.165) is 13.1 Å². The fourth-order valence-electron chi connectivity index (χ4n) is 2.00. The highest BCUT2D eigenvalue weighted by Crippen LogP contribution is 2.17. The van der Waals surface area contributed by atoms with E-state index in [-0.39, 0.29) is 18.0 Å². The lowest BCUT2D eigenvalue weighted by Gasteiger charge is -2.35. The van der Waals surface area contributed by atoms with Crippen LogP contribution in [0.5, 0.6) is 5.75 Å². The quantitative estimate of drug-likeness (QED) is 0.698. The van der Waals surface area contributed by atoms with E-state index < -0.39 is 7.32 Å². The lowest BCUT2D eigenvalue weighted by Crippen LogP contribution is -2.46. The third-order valence-corrected chi connectivity index (χ3v) is 2.56. The largest absolute Gasteiger partial charge is 0.707 e. The Hall–Kier alpha value is -1.38. The van der Waals surface area contributed by atoms with Crippen LogP contribution in [0.3, 0.4) is 0 Å². The molecule has 1 aromatic heterocycles. The van der Waals surface area contributed by atoms with E-state index in [2.05, 4.69) is 14.6 Å². The van der Waals surface area contributed by atoms with E-state index in [1.54, 1.807) is 0 Å². The van der Waals surface area contributed by atoms with Crippen molar-refractivity contribution in [3.63, 3.8) is 0 Å². The number of hydrogen-bond acceptors (Lipinski definition) is 7. The van der Waals surface area contributed by atoms with Crippen molar-refractivity contribution in [3.05, 3.63) is 12.4 Å². The summed E-state index contributed by atoms with van der Waals surface area (Å²) in [5, 5.41) is 17.3. The number of nitrogens with zero attached hydrogens (tertiary/aromatic N) is 3. The summed E-state index contributed by atoms with van der Waals surface area (Å²) in [6, 6.07) is 0. The first-order valence-corrected chi connectivity index (χ1v) is 5.80. The van der Waals surface area contributed by atoms with Gasteiger partial charge in [-0.1, -0.05) is 0 Å². The molecular formula is C10H16BN3O4. The molecule has 0 aromatic carbocycles. The highest BCUT2D eigenvalue weighted by molar-refractivity contribution is 6.33. The number of hydrogen-bond donors (Lipinski definition) is 2. The molecule has 2 heterocycles. The predicted octanol–water partition coefficient (Wildman–Crippen LogP) is -0.562. The maximum absolute atomic E-state index is 8.64. The van der Waals surface area contributed by atoms with Crippen LogP contribution >= 0.6 is 0 Å².